The second kappa shape index (κ2) is 9.84. The van der Waals surface area contributed by atoms with Crippen LogP contribution in [0.1, 0.15) is 12.5 Å². The summed E-state index contributed by atoms with van der Waals surface area (Å²) in [7, 11) is 0. The second-order valence-electron chi connectivity index (χ2n) is 7.24. The van der Waals surface area contributed by atoms with E-state index in [1.165, 1.54) is 12.1 Å². The molecule has 0 radical (unpaired) electrons. The van der Waals surface area contributed by atoms with E-state index in [0.717, 1.165) is 33.5 Å². The first-order valence-electron chi connectivity index (χ1n) is 10.4. The van der Waals surface area contributed by atoms with E-state index in [4.69, 9.17) is 9.47 Å². The van der Waals surface area contributed by atoms with Gasteiger partial charge in [0, 0.05) is 11.5 Å². The van der Waals surface area contributed by atoms with E-state index in [0.29, 0.717) is 5.75 Å². The standard InChI is InChI=1S/C24H20N2O7S/c1-2-32-20-13-15(12-18(22(20)27)26(30)31)14-21-23(28)25(24(29)34-21)10-11-33-19-9-5-7-16-6-3-4-8-17(16)19/h3-9,12-14,27H,2,10-11H2,1H3/b21-14-. The van der Waals surface area contributed by atoms with Crippen molar-refractivity contribution >= 4 is 45.4 Å². The van der Waals surface area contributed by atoms with Crippen LogP contribution in [0.25, 0.3) is 16.8 Å². The zero-order valence-electron chi connectivity index (χ0n) is 18.1. The zero-order valence-corrected chi connectivity index (χ0v) is 18.9. The van der Waals surface area contributed by atoms with Crippen LogP contribution in [0.2, 0.25) is 0 Å². The summed E-state index contributed by atoms with van der Waals surface area (Å²) in [6.45, 7) is 2.01. The molecule has 1 N–H and O–H groups in total. The molecule has 0 spiro atoms. The predicted molar refractivity (Wildman–Crippen MR) is 128 cm³/mol. The van der Waals surface area contributed by atoms with Crippen LogP contribution in [-0.2, 0) is 4.79 Å². The van der Waals surface area contributed by atoms with Gasteiger partial charge < -0.3 is 14.6 Å². The van der Waals surface area contributed by atoms with Gasteiger partial charge >= 0.3 is 5.69 Å². The number of ether oxygens (including phenoxy) is 2. The first-order valence-corrected chi connectivity index (χ1v) is 11.2. The third-order valence-corrected chi connectivity index (χ3v) is 5.97. The van der Waals surface area contributed by atoms with Crippen molar-refractivity contribution in [2.24, 2.45) is 0 Å². The topological polar surface area (TPSA) is 119 Å². The number of rotatable bonds is 8. The average molecular weight is 480 g/mol. The maximum absolute atomic E-state index is 12.8. The quantitative estimate of drug-likeness (QED) is 0.273. The Morgan fingerprint density at radius 1 is 1.09 bits per heavy atom. The van der Waals surface area contributed by atoms with Crippen molar-refractivity contribution < 1.29 is 29.1 Å². The minimum Gasteiger partial charge on any atom is -0.500 e. The van der Waals surface area contributed by atoms with Gasteiger partial charge in [-0.1, -0.05) is 36.4 Å². The molecular formula is C24H20N2O7S. The van der Waals surface area contributed by atoms with Crippen molar-refractivity contribution in [1.82, 2.24) is 4.90 Å². The number of phenols is 1. The number of fused-ring (bicyclic) bond motifs is 1. The lowest BCUT2D eigenvalue weighted by Crippen LogP contribution is -2.32. The number of nitro benzene ring substituents is 1. The zero-order chi connectivity index (χ0) is 24.2. The first-order chi connectivity index (χ1) is 16.4. The lowest BCUT2D eigenvalue weighted by atomic mass is 10.1. The summed E-state index contributed by atoms with van der Waals surface area (Å²) in [5, 5.41) is 22.8. The number of amides is 2. The molecule has 2 amide bonds. The number of nitro groups is 1. The lowest BCUT2D eigenvalue weighted by molar-refractivity contribution is -0.386. The highest BCUT2D eigenvalue weighted by molar-refractivity contribution is 8.18. The molecule has 1 saturated heterocycles. The van der Waals surface area contributed by atoms with Gasteiger partial charge in [-0.3, -0.25) is 24.6 Å². The van der Waals surface area contributed by atoms with Crippen molar-refractivity contribution in [2.75, 3.05) is 19.8 Å². The number of carbonyl (C=O) groups excluding carboxylic acids is 2. The van der Waals surface area contributed by atoms with Crippen molar-refractivity contribution in [3.63, 3.8) is 0 Å². The van der Waals surface area contributed by atoms with E-state index < -0.39 is 27.5 Å². The van der Waals surface area contributed by atoms with Gasteiger partial charge in [0.1, 0.15) is 12.4 Å². The molecule has 34 heavy (non-hydrogen) atoms. The van der Waals surface area contributed by atoms with Crippen LogP contribution in [0, 0.1) is 10.1 Å². The van der Waals surface area contributed by atoms with Crippen LogP contribution in [0.4, 0.5) is 10.5 Å². The molecule has 1 fully saturated rings. The highest BCUT2D eigenvalue weighted by atomic mass is 32.2. The van der Waals surface area contributed by atoms with Crippen LogP contribution >= 0.6 is 11.8 Å². The summed E-state index contributed by atoms with van der Waals surface area (Å²) < 4.78 is 11.1. The highest BCUT2D eigenvalue weighted by Crippen LogP contribution is 2.39. The highest BCUT2D eigenvalue weighted by Gasteiger charge is 2.35. The van der Waals surface area contributed by atoms with E-state index in [1.807, 2.05) is 42.5 Å². The Bertz CT molecular complexity index is 1320. The Hall–Kier alpha value is -4.05. The van der Waals surface area contributed by atoms with Crippen LogP contribution in [-0.4, -0.2) is 45.8 Å². The number of carbonyl (C=O) groups is 2. The third kappa shape index (κ3) is 4.67. The fourth-order valence-corrected chi connectivity index (χ4v) is 4.38. The number of phenolic OH excluding ortho intramolecular Hbond substituents is 1. The molecule has 1 heterocycles. The molecule has 1 aliphatic heterocycles. The van der Waals surface area contributed by atoms with Gasteiger partial charge in [0.05, 0.1) is 23.0 Å². The fourth-order valence-electron chi connectivity index (χ4n) is 3.51. The van der Waals surface area contributed by atoms with Crippen molar-refractivity contribution in [2.45, 2.75) is 6.92 Å². The maximum Gasteiger partial charge on any atom is 0.315 e. The van der Waals surface area contributed by atoms with Gasteiger partial charge in [-0.15, -0.1) is 0 Å². The Labute approximate surface area is 198 Å². The summed E-state index contributed by atoms with van der Waals surface area (Å²) in [5.74, 6) is -0.543. The molecule has 0 bridgehead atoms. The van der Waals surface area contributed by atoms with Gasteiger partial charge in [0.25, 0.3) is 11.1 Å². The predicted octanol–water partition coefficient (Wildman–Crippen LogP) is 4.97. The molecular weight excluding hydrogens is 460 g/mol. The first kappa shape index (κ1) is 23.1. The van der Waals surface area contributed by atoms with Gasteiger partial charge in [-0.05, 0) is 47.8 Å². The molecule has 0 aromatic heterocycles. The third-order valence-electron chi connectivity index (χ3n) is 5.07. The number of benzene rings is 3. The number of nitrogens with zero attached hydrogens (tertiary/aromatic N) is 2. The SMILES string of the molecule is CCOc1cc(/C=C2\SC(=O)N(CCOc3cccc4ccccc34)C2=O)cc([N+](=O)[O-])c1O. The Morgan fingerprint density at radius 2 is 1.85 bits per heavy atom. The van der Waals surface area contributed by atoms with Crippen molar-refractivity contribution in [3.05, 3.63) is 75.2 Å². The molecule has 0 atom stereocenters. The molecule has 3 aromatic carbocycles. The van der Waals surface area contributed by atoms with E-state index >= 15 is 0 Å². The Morgan fingerprint density at radius 3 is 2.62 bits per heavy atom. The van der Waals surface area contributed by atoms with Gasteiger partial charge in [-0.25, -0.2) is 0 Å². The molecule has 174 valence electrons. The van der Waals surface area contributed by atoms with Crippen molar-refractivity contribution in [3.8, 4) is 17.2 Å². The van der Waals surface area contributed by atoms with E-state index in [9.17, 15) is 24.8 Å². The second-order valence-corrected chi connectivity index (χ2v) is 8.23. The summed E-state index contributed by atoms with van der Waals surface area (Å²) in [6, 6.07) is 15.9. The molecule has 9 nitrogen and oxygen atoms in total. The van der Waals surface area contributed by atoms with Crippen molar-refractivity contribution in [1.29, 1.82) is 0 Å². The summed E-state index contributed by atoms with van der Waals surface area (Å²) in [6.07, 6.45) is 1.37. The minimum absolute atomic E-state index is 0.0468. The number of aromatic hydroxyl groups is 1. The minimum atomic E-state index is -0.744. The smallest absolute Gasteiger partial charge is 0.315 e. The molecule has 10 heteroatoms. The molecule has 0 unspecified atom stereocenters. The molecule has 0 aliphatic carbocycles. The maximum atomic E-state index is 12.8. The van der Waals surface area contributed by atoms with Crippen LogP contribution < -0.4 is 9.47 Å². The fraction of sp³-hybridized carbons (Fsp3) is 0.167. The summed E-state index contributed by atoms with van der Waals surface area (Å²) >= 11 is 0.733. The van der Waals surface area contributed by atoms with E-state index in [2.05, 4.69) is 0 Å². The van der Waals surface area contributed by atoms with Crippen LogP contribution in [0.5, 0.6) is 17.2 Å². The summed E-state index contributed by atoms with van der Waals surface area (Å²) in [5.41, 5.74) is -0.301. The van der Waals surface area contributed by atoms with E-state index in [-0.39, 0.29) is 36.0 Å². The number of hydrogen-bond acceptors (Lipinski definition) is 8. The number of thioether (sulfide) groups is 1. The average Bonchev–Trinajstić information content (AvgIpc) is 3.08. The van der Waals surface area contributed by atoms with E-state index in [1.54, 1.807) is 6.92 Å². The molecule has 0 saturated carbocycles. The number of hydrogen-bond donors (Lipinski definition) is 1. The molecule has 3 aromatic rings. The molecule has 1 aliphatic rings. The van der Waals surface area contributed by atoms with Gasteiger partial charge in [-0.2, -0.15) is 0 Å². The Kier molecular flexibility index (Phi) is 6.69. The summed E-state index contributed by atoms with van der Waals surface area (Å²) in [4.78, 5) is 37.0. The molecule has 4 rings (SSSR count). The monoisotopic (exact) mass is 480 g/mol. The normalized spacial score (nSPS) is 14.7. The van der Waals surface area contributed by atoms with Crippen LogP contribution in [0.3, 0.4) is 0 Å². The van der Waals surface area contributed by atoms with Crippen LogP contribution in [0.15, 0.2) is 59.5 Å². The number of imide groups is 1. The lowest BCUT2D eigenvalue weighted by Gasteiger charge is -2.14. The van der Waals surface area contributed by atoms with Gasteiger partial charge in [0.15, 0.2) is 5.75 Å². The Balaban J connectivity index is 1.50. The largest absolute Gasteiger partial charge is 0.500 e. The van der Waals surface area contributed by atoms with Gasteiger partial charge in [0.2, 0.25) is 5.75 Å².